The minimum absolute atomic E-state index is 0.0249. The quantitative estimate of drug-likeness (QED) is 0.253. The standard InChI is InChI=1S/C27H37N3O4.C3H8.C2H6/c1-21-20-23(25-11-13-27(31)30-29-25)8-12-26(21)34-17-4-3-15-28-16-5-18-33-24-9-6-22(7-10-24)14-19-32-2;1-3-2;1-2/h6-10,12,20,28H,3-5,11,13-19H2,1-2H3,(H,30,31);3H2,1-2H3;1-2H3. The number of ether oxygens (including phenoxy) is 3. The van der Waals surface area contributed by atoms with Gasteiger partial charge in [-0.25, -0.2) is 5.43 Å². The Bertz CT molecular complexity index is 945. The molecule has 0 aromatic heterocycles. The van der Waals surface area contributed by atoms with Crippen molar-refractivity contribution in [3.8, 4) is 11.5 Å². The van der Waals surface area contributed by atoms with E-state index in [0.717, 1.165) is 73.7 Å². The molecule has 0 saturated heterocycles. The summed E-state index contributed by atoms with van der Waals surface area (Å²) < 4.78 is 16.9. The Morgan fingerprint density at radius 1 is 0.897 bits per heavy atom. The molecule has 1 amide bonds. The van der Waals surface area contributed by atoms with Gasteiger partial charge in [0.05, 0.1) is 25.5 Å². The molecular formula is C32H51N3O4. The SMILES string of the molecule is CC.CCC.COCCc1ccc(OCCCNCCCCOc2ccc(C3=NNC(=O)CC3)cc2C)cc1. The number of unbranched alkanes of at least 4 members (excludes halogenated alkanes) is 1. The first-order valence-corrected chi connectivity index (χ1v) is 14.6. The molecule has 2 aromatic carbocycles. The van der Waals surface area contributed by atoms with E-state index in [1.54, 1.807) is 7.11 Å². The molecule has 1 aliphatic rings. The molecule has 0 unspecified atom stereocenters. The van der Waals surface area contributed by atoms with Gasteiger partial charge < -0.3 is 19.5 Å². The Hall–Kier alpha value is -2.90. The van der Waals surface area contributed by atoms with Gasteiger partial charge in [-0.2, -0.15) is 5.10 Å². The van der Waals surface area contributed by atoms with Crippen LogP contribution in [0.2, 0.25) is 0 Å². The van der Waals surface area contributed by atoms with E-state index < -0.39 is 0 Å². The summed E-state index contributed by atoms with van der Waals surface area (Å²) in [5.74, 6) is 1.80. The van der Waals surface area contributed by atoms with Gasteiger partial charge in [-0.3, -0.25) is 4.79 Å². The smallest absolute Gasteiger partial charge is 0.240 e. The van der Waals surface area contributed by atoms with Crippen LogP contribution in [0.4, 0.5) is 0 Å². The zero-order valence-corrected chi connectivity index (χ0v) is 25.1. The summed E-state index contributed by atoms with van der Waals surface area (Å²) in [4.78, 5) is 11.3. The van der Waals surface area contributed by atoms with Gasteiger partial charge in [-0.1, -0.05) is 46.2 Å². The van der Waals surface area contributed by atoms with Crippen LogP contribution in [-0.2, 0) is 16.0 Å². The summed E-state index contributed by atoms with van der Waals surface area (Å²) in [6.07, 6.45) is 6.38. The van der Waals surface area contributed by atoms with Crippen LogP contribution in [0.3, 0.4) is 0 Å². The van der Waals surface area contributed by atoms with Gasteiger partial charge in [-0.15, -0.1) is 0 Å². The van der Waals surface area contributed by atoms with Crippen molar-refractivity contribution in [1.82, 2.24) is 10.7 Å². The average Bonchev–Trinajstić information content (AvgIpc) is 2.96. The van der Waals surface area contributed by atoms with E-state index in [2.05, 4.69) is 47.9 Å². The number of hydrazone groups is 1. The number of amides is 1. The summed E-state index contributed by atoms with van der Waals surface area (Å²) >= 11 is 0. The second-order valence-corrected chi connectivity index (χ2v) is 9.18. The number of carbonyl (C=O) groups is 1. The molecular weight excluding hydrogens is 490 g/mol. The Kier molecular flexibility index (Phi) is 19.2. The molecule has 2 N–H and O–H groups in total. The van der Waals surface area contributed by atoms with Crippen molar-refractivity contribution in [3.05, 3.63) is 59.2 Å². The van der Waals surface area contributed by atoms with Crippen LogP contribution in [0.25, 0.3) is 0 Å². The minimum atomic E-state index is -0.0249. The summed E-state index contributed by atoms with van der Waals surface area (Å²) in [6, 6.07) is 14.3. The van der Waals surface area contributed by atoms with Crippen molar-refractivity contribution >= 4 is 11.6 Å². The van der Waals surface area contributed by atoms with Crippen molar-refractivity contribution in [1.29, 1.82) is 0 Å². The third-order valence-electron chi connectivity index (χ3n) is 5.70. The van der Waals surface area contributed by atoms with Gasteiger partial charge in [0, 0.05) is 20.0 Å². The van der Waals surface area contributed by atoms with E-state index in [9.17, 15) is 4.79 Å². The second-order valence-electron chi connectivity index (χ2n) is 9.18. The fraction of sp³-hybridized carbons (Fsp3) is 0.562. The highest BCUT2D eigenvalue weighted by atomic mass is 16.5. The van der Waals surface area contributed by atoms with Crippen LogP contribution in [0.1, 0.15) is 82.9 Å². The molecule has 0 atom stereocenters. The summed E-state index contributed by atoms with van der Waals surface area (Å²) in [6.45, 7) is 14.4. The zero-order valence-electron chi connectivity index (χ0n) is 25.1. The lowest BCUT2D eigenvalue weighted by Gasteiger charge is -2.14. The summed E-state index contributed by atoms with van der Waals surface area (Å²) in [5, 5.41) is 7.63. The number of nitrogens with zero attached hydrogens (tertiary/aromatic N) is 1. The van der Waals surface area contributed by atoms with E-state index in [1.165, 1.54) is 12.0 Å². The maximum absolute atomic E-state index is 11.3. The van der Waals surface area contributed by atoms with Crippen LogP contribution < -0.4 is 20.2 Å². The topological polar surface area (TPSA) is 81.2 Å². The Morgan fingerprint density at radius 2 is 1.59 bits per heavy atom. The molecule has 0 bridgehead atoms. The number of aryl methyl sites for hydroxylation is 1. The van der Waals surface area contributed by atoms with Gasteiger partial charge >= 0.3 is 0 Å². The number of rotatable bonds is 15. The first-order valence-electron chi connectivity index (χ1n) is 14.6. The summed E-state index contributed by atoms with van der Waals surface area (Å²) in [7, 11) is 1.72. The van der Waals surface area contributed by atoms with E-state index in [-0.39, 0.29) is 5.91 Å². The van der Waals surface area contributed by atoms with Gasteiger partial charge in [0.1, 0.15) is 11.5 Å². The molecule has 218 valence electrons. The van der Waals surface area contributed by atoms with Crippen molar-refractivity contribution in [2.24, 2.45) is 5.10 Å². The first-order chi connectivity index (χ1) is 19.1. The molecule has 1 heterocycles. The third kappa shape index (κ3) is 14.7. The van der Waals surface area contributed by atoms with Crippen LogP contribution >= 0.6 is 0 Å². The number of hydrogen-bond donors (Lipinski definition) is 2. The highest BCUT2D eigenvalue weighted by Crippen LogP contribution is 2.21. The van der Waals surface area contributed by atoms with Crippen LogP contribution in [0.5, 0.6) is 11.5 Å². The maximum atomic E-state index is 11.3. The third-order valence-corrected chi connectivity index (χ3v) is 5.70. The molecule has 7 nitrogen and oxygen atoms in total. The minimum Gasteiger partial charge on any atom is -0.494 e. The van der Waals surface area contributed by atoms with E-state index in [0.29, 0.717) is 26.1 Å². The lowest BCUT2D eigenvalue weighted by atomic mass is 10.0. The molecule has 0 aliphatic carbocycles. The lowest BCUT2D eigenvalue weighted by Crippen LogP contribution is -2.25. The van der Waals surface area contributed by atoms with Crippen molar-refractivity contribution < 1.29 is 19.0 Å². The number of hydrogen-bond acceptors (Lipinski definition) is 6. The van der Waals surface area contributed by atoms with Crippen molar-refractivity contribution in [3.63, 3.8) is 0 Å². The molecule has 0 radical (unpaired) electrons. The molecule has 1 aliphatic heterocycles. The largest absolute Gasteiger partial charge is 0.494 e. The van der Waals surface area contributed by atoms with E-state index in [1.807, 2.05) is 45.0 Å². The van der Waals surface area contributed by atoms with Gasteiger partial charge in [0.2, 0.25) is 5.91 Å². The Balaban J connectivity index is 0.00000142. The molecule has 3 rings (SSSR count). The number of methoxy groups -OCH3 is 1. The molecule has 0 spiro atoms. The Morgan fingerprint density at radius 3 is 2.23 bits per heavy atom. The average molecular weight is 542 g/mol. The molecule has 0 fully saturated rings. The van der Waals surface area contributed by atoms with Gasteiger partial charge in [0.25, 0.3) is 0 Å². The highest BCUT2D eigenvalue weighted by molar-refractivity contribution is 6.04. The highest BCUT2D eigenvalue weighted by Gasteiger charge is 2.14. The molecule has 39 heavy (non-hydrogen) atoms. The first kappa shape index (κ1) is 34.1. The maximum Gasteiger partial charge on any atom is 0.240 e. The fourth-order valence-electron chi connectivity index (χ4n) is 3.69. The second kappa shape index (κ2) is 22.0. The molecule has 7 heteroatoms. The van der Waals surface area contributed by atoms with Gasteiger partial charge in [0.15, 0.2) is 0 Å². The fourth-order valence-corrected chi connectivity index (χ4v) is 3.69. The zero-order chi connectivity index (χ0) is 28.7. The number of carbonyl (C=O) groups excluding carboxylic acids is 1. The number of nitrogens with one attached hydrogen (secondary N) is 2. The molecule has 2 aromatic rings. The predicted molar refractivity (Wildman–Crippen MR) is 162 cm³/mol. The van der Waals surface area contributed by atoms with Crippen LogP contribution in [-0.4, -0.2) is 51.6 Å². The predicted octanol–water partition coefficient (Wildman–Crippen LogP) is 6.46. The van der Waals surface area contributed by atoms with Crippen molar-refractivity contribution in [2.75, 3.05) is 40.0 Å². The monoisotopic (exact) mass is 541 g/mol. The van der Waals surface area contributed by atoms with E-state index in [4.69, 9.17) is 14.2 Å². The Labute approximate surface area is 236 Å². The van der Waals surface area contributed by atoms with Crippen molar-refractivity contribution in [2.45, 2.75) is 79.6 Å². The molecule has 0 saturated carbocycles. The normalized spacial score (nSPS) is 12.3. The van der Waals surface area contributed by atoms with E-state index >= 15 is 0 Å². The van der Waals surface area contributed by atoms with Gasteiger partial charge in [-0.05, 0) is 92.7 Å². The lowest BCUT2D eigenvalue weighted by molar-refractivity contribution is -0.121. The van der Waals surface area contributed by atoms with Crippen LogP contribution in [0.15, 0.2) is 47.6 Å². The number of benzene rings is 2. The summed E-state index contributed by atoms with van der Waals surface area (Å²) in [5.41, 5.74) is 6.85. The van der Waals surface area contributed by atoms with Crippen LogP contribution in [0, 0.1) is 6.92 Å².